The van der Waals surface area contributed by atoms with Gasteiger partial charge >= 0.3 is 0 Å². The van der Waals surface area contributed by atoms with Crippen LogP contribution in [-0.2, 0) is 21.4 Å². The Bertz CT molecular complexity index is 992. The van der Waals surface area contributed by atoms with Crippen molar-refractivity contribution in [3.8, 4) is 0 Å². The number of nitrogens with one attached hydrogen (secondary N) is 2. The number of pyridine rings is 1. The van der Waals surface area contributed by atoms with E-state index in [2.05, 4.69) is 19.9 Å². The van der Waals surface area contributed by atoms with E-state index in [9.17, 15) is 13.2 Å². The minimum absolute atomic E-state index is 0.0519. The first kappa shape index (κ1) is 22.2. The van der Waals surface area contributed by atoms with Gasteiger partial charge in [0.25, 0.3) is 0 Å². The number of anilines is 1. The second-order valence-electron chi connectivity index (χ2n) is 7.87. The number of hydrogen-bond donors (Lipinski definition) is 2. The molecule has 162 valence electrons. The molecular formula is C22H30N4O3S. The first-order valence-corrected chi connectivity index (χ1v) is 11.8. The molecule has 1 saturated heterocycles. The van der Waals surface area contributed by atoms with Crippen molar-refractivity contribution in [3.05, 3.63) is 52.7 Å². The minimum Gasteiger partial charge on any atom is -0.357 e. The third-order valence-corrected chi connectivity index (χ3v) is 7.01. The van der Waals surface area contributed by atoms with Gasteiger partial charge in [0.15, 0.2) is 0 Å². The molecule has 0 radical (unpaired) electrons. The molecule has 1 aromatic heterocycles. The lowest BCUT2D eigenvalue weighted by Gasteiger charge is -2.17. The van der Waals surface area contributed by atoms with Gasteiger partial charge in [-0.3, -0.25) is 4.79 Å². The molecule has 8 heteroatoms. The smallest absolute Gasteiger partial charge is 0.241 e. The van der Waals surface area contributed by atoms with Crippen molar-refractivity contribution in [1.29, 1.82) is 0 Å². The van der Waals surface area contributed by atoms with Crippen molar-refractivity contribution in [2.24, 2.45) is 0 Å². The molecule has 0 unspecified atom stereocenters. The quantitative estimate of drug-likeness (QED) is 0.672. The maximum Gasteiger partial charge on any atom is 0.241 e. The SMILES string of the molecule is Cc1cc(C)c(S(=O)(=O)NCCC(=O)NCc2ccnc(N3CCCC3)c2)c(C)c1. The molecule has 0 spiro atoms. The molecule has 3 rings (SSSR count). The van der Waals surface area contributed by atoms with Crippen LogP contribution in [0.15, 0.2) is 35.4 Å². The summed E-state index contributed by atoms with van der Waals surface area (Å²) in [6, 6.07) is 7.57. The number of sulfonamides is 1. The second-order valence-corrected chi connectivity index (χ2v) is 9.57. The van der Waals surface area contributed by atoms with Crippen molar-refractivity contribution in [3.63, 3.8) is 0 Å². The van der Waals surface area contributed by atoms with Crippen molar-refractivity contribution >= 4 is 21.7 Å². The lowest BCUT2D eigenvalue weighted by Crippen LogP contribution is -2.31. The fraction of sp³-hybridized carbons (Fsp3) is 0.455. The summed E-state index contributed by atoms with van der Waals surface area (Å²) in [6.07, 6.45) is 4.20. The summed E-state index contributed by atoms with van der Waals surface area (Å²) in [5, 5.41) is 2.85. The number of carbonyl (C=O) groups excluding carboxylic acids is 1. The van der Waals surface area contributed by atoms with E-state index in [0.717, 1.165) is 30.0 Å². The predicted molar refractivity (Wildman–Crippen MR) is 118 cm³/mol. The van der Waals surface area contributed by atoms with Crippen molar-refractivity contribution < 1.29 is 13.2 Å². The highest BCUT2D eigenvalue weighted by Crippen LogP contribution is 2.21. The molecule has 7 nitrogen and oxygen atoms in total. The molecule has 2 N–H and O–H groups in total. The fourth-order valence-corrected chi connectivity index (χ4v) is 5.42. The van der Waals surface area contributed by atoms with Gasteiger partial charge in [-0.2, -0.15) is 0 Å². The van der Waals surface area contributed by atoms with Crippen LogP contribution in [0.1, 0.15) is 41.5 Å². The summed E-state index contributed by atoms with van der Waals surface area (Å²) in [6.45, 7) is 7.98. The molecule has 1 aliphatic heterocycles. The van der Waals surface area contributed by atoms with E-state index >= 15 is 0 Å². The van der Waals surface area contributed by atoms with Crippen LogP contribution in [0.25, 0.3) is 0 Å². The Balaban J connectivity index is 1.50. The molecule has 0 atom stereocenters. The predicted octanol–water partition coefficient (Wildman–Crippen LogP) is 2.59. The van der Waals surface area contributed by atoms with E-state index in [1.54, 1.807) is 20.0 Å². The lowest BCUT2D eigenvalue weighted by molar-refractivity contribution is -0.121. The molecule has 0 saturated carbocycles. The molecule has 30 heavy (non-hydrogen) atoms. The minimum atomic E-state index is -3.66. The Morgan fingerprint density at radius 2 is 1.77 bits per heavy atom. The first-order valence-electron chi connectivity index (χ1n) is 10.3. The van der Waals surface area contributed by atoms with Gasteiger partial charge in [-0.1, -0.05) is 17.7 Å². The van der Waals surface area contributed by atoms with E-state index in [1.165, 1.54) is 12.8 Å². The van der Waals surface area contributed by atoms with Gasteiger partial charge in [0.1, 0.15) is 5.82 Å². The van der Waals surface area contributed by atoms with Gasteiger partial charge in [-0.15, -0.1) is 0 Å². The second kappa shape index (κ2) is 9.57. The Hall–Kier alpha value is -2.45. The number of hydrogen-bond acceptors (Lipinski definition) is 5. The van der Waals surface area contributed by atoms with Gasteiger partial charge < -0.3 is 10.2 Å². The van der Waals surface area contributed by atoms with Crippen LogP contribution in [0, 0.1) is 20.8 Å². The zero-order valence-corrected chi connectivity index (χ0v) is 18.7. The molecular weight excluding hydrogens is 400 g/mol. The molecule has 2 aromatic rings. The normalized spacial score (nSPS) is 14.2. The highest BCUT2D eigenvalue weighted by molar-refractivity contribution is 7.89. The summed E-state index contributed by atoms with van der Waals surface area (Å²) in [5.41, 5.74) is 3.41. The number of rotatable bonds is 8. The maximum atomic E-state index is 12.7. The number of aryl methyl sites for hydroxylation is 3. The standard InChI is InChI=1S/C22H30N4O3S/c1-16-12-17(2)22(18(3)13-16)30(28,29)25-9-7-21(27)24-15-19-6-8-23-20(14-19)26-10-4-5-11-26/h6,8,12-14,25H,4-5,7,9-11,15H2,1-3H3,(H,24,27). The lowest BCUT2D eigenvalue weighted by atomic mass is 10.1. The van der Waals surface area contributed by atoms with Crippen molar-refractivity contribution in [2.75, 3.05) is 24.5 Å². The van der Waals surface area contributed by atoms with Crippen LogP contribution in [0.2, 0.25) is 0 Å². The zero-order chi connectivity index (χ0) is 21.7. The average molecular weight is 431 g/mol. The third-order valence-electron chi connectivity index (χ3n) is 5.25. The van der Waals surface area contributed by atoms with Crippen molar-refractivity contribution in [2.45, 2.75) is 51.5 Å². The summed E-state index contributed by atoms with van der Waals surface area (Å²) in [5.74, 6) is 0.741. The number of carbonyl (C=O) groups is 1. The number of amides is 1. The van der Waals surface area contributed by atoms with Crippen LogP contribution < -0.4 is 14.9 Å². The molecule has 0 bridgehead atoms. The Morgan fingerprint density at radius 1 is 1.10 bits per heavy atom. The number of benzene rings is 1. The molecule has 1 fully saturated rings. The summed E-state index contributed by atoms with van der Waals surface area (Å²) in [4.78, 5) is 19.1. The zero-order valence-electron chi connectivity index (χ0n) is 17.9. The molecule has 1 aromatic carbocycles. The Labute approximate surface area is 178 Å². The molecule has 1 amide bonds. The van der Waals surface area contributed by atoms with Crippen LogP contribution in [-0.4, -0.2) is 38.9 Å². The van der Waals surface area contributed by atoms with Crippen LogP contribution >= 0.6 is 0 Å². The summed E-state index contributed by atoms with van der Waals surface area (Å²) < 4.78 is 27.9. The van der Waals surface area contributed by atoms with E-state index in [0.29, 0.717) is 22.6 Å². The molecule has 0 aliphatic carbocycles. The Morgan fingerprint density at radius 3 is 2.43 bits per heavy atom. The van der Waals surface area contributed by atoms with Crippen LogP contribution in [0.3, 0.4) is 0 Å². The van der Waals surface area contributed by atoms with Crippen molar-refractivity contribution in [1.82, 2.24) is 15.0 Å². The highest BCUT2D eigenvalue weighted by atomic mass is 32.2. The monoisotopic (exact) mass is 430 g/mol. The fourth-order valence-electron chi connectivity index (χ4n) is 3.94. The third kappa shape index (κ3) is 5.58. The van der Waals surface area contributed by atoms with E-state index in [-0.39, 0.29) is 18.9 Å². The van der Waals surface area contributed by atoms with E-state index in [1.807, 2.05) is 31.2 Å². The van der Waals surface area contributed by atoms with E-state index < -0.39 is 10.0 Å². The van der Waals surface area contributed by atoms with Gasteiger partial charge in [-0.05, 0) is 62.4 Å². The molecule has 2 heterocycles. The summed E-state index contributed by atoms with van der Waals surface area (Å²) >= 11 is 0. The number of aromatic nitrogens is 1. The van der Waals surface area contributed by atoms with Gasteiger partial charge in [0, 0.05) is 38.8 Å². The maximum absolute atomic E-state index is 12.7. The average Bonchev–Trinajstić information content (AvgIpc) is 3.20. The Kier molecular flexibility index (Phi) is 7.10. The van der Waals surface area contributed by atoms with Gasteiger partial charge in [0.05, 0.1) is 4.90 Å². The van der Waals surface area contributed by atoms with Crippen LogP contribution in [0.5, 0.6) is 0 Å². The molecule has 1 aliphatic rings. The highest BCUT2D eigenvalue weighted by Gasteiger charge is 2.20. The van der Waals surface area contributed by atoms with Gasteiger partial charge in [-0.25, -0.2) is 18.1 Å². The first-order chi connectivity index (χ1) is 14.3. The number of nitrogens with zero attached hydrogens (tertiary/aromatic N) is 2. The van der Waals surface area contributed by atoms with E-state index in [4.69, 9.17) is 0 Å². The van der Waals surface area contributed by atoms with Crippen LogP contribution in [0.4, 0.5) is 5.82 Å². The summed E-state index contributed by atoms with van der Waals surface area (Å²) in [7, 11) is -3.66. The van der Waals surface area contributed by atoms with Gasteiger partial charge in [0.2, 0.25) is 15.9 Å². The topological polar surface area (TPSA) is 91.4 Å². The largest absolute Gasteiger partial charge is 0.357 e.